The normalized spacial score (nSPS) is 14.4. The highest BCUT2D eigenvalue weighted by molar-refractivity contribution is 9.10. The van der Waals surface area contributed by atoms with Gasteiger partial charge < -0.3 is 9.73 Å². The summed E-state index contributed by atoms with van der Waals surface area (Å²) >= 11 is 3.38. The number of rotatable bonds is 6. The highest BCUT2D eigenvalue weighted by atomic mass is 79.9. The van der Waals surface area contributed by atoms with Crippen LogP contribution in [0.25, 0.3) is 0 Å². The number of nitrogens with zero attached hydrogens (tertiary/aromatic N) is 1. The van der Waals surface area contributed by atoms with Gasteiger partial charge in [-0.25, -0.2) is 0 Å². The van der Waals surface area contributed by atoms with E-state index in [0.717, 1.165) is 28.8 Å². The molecule has 3 rings (SSSR count). The van der Waals surface area contributed by atoms with Gasteiger partial charge in [-0.3, -0.25) is 9.69 Å². The molecule has 2 aromatic rings. The van der Waals surface area contributed by atoms with Crippen LogP contribution in [0.1, 0.15) is 18.6 Å². The van der Waals surface area contributed by atoms with Crippen molar-refractivity contribution >= 4 is 27.5 Å². The number of hydrogen-bond donors (Lipinski definition) is 1. The first-order valence-electron chi connectivity index (χ1n) is 7.02. The standard InChI is InChI=1S/C16H17BrN2O2/c17-12-3-5-13(6-4-12)18-16(20)11-19(14-7-8-14)10-15-2-1-9-21-15/h1-6,9,14H,7-8,10-11H2,(H,18,20). The Hall–Kier alpha value is -1.59. The smallest absolute Gasteiger partial charge is 0.238 e. The molecule has 1 aromatic heterocycles. The summed E-state index contributed by atoms with van der Waals surface area (Å²) in [5.74, 6) is 0.911. The lowest BCUT2D eigenvalue weighted by molar-refractivity contribution is -0.117. The highest BCUT2D eigenvalue weighted by Gasteiger charge is 2.30. The first-order chi connectivity index (χ1) is 10.2. The molecule has 1 amide bonds. The van der Waals surface area contributed by atoms with Crippen LogP contribution < -0.4 is 5.32 Å². The fraction of sp³-hybridized carbons (Fsp3) is 0.312. The van der Waals surface area contributed by atoms with Crippen molar-refractivity contribution in [2.75, 3.05) is 11.9 Å². The molecule has 0 spiro atoms. The molecule has 0 bridgehead atoms. The number of benzene rings is 1. The lowest BCUT2D eigenvalue weighted by Crippen LogP contribution is -2.34. The van der Waals surface area contributed by atoms with Crippen LogP contribution >= 0.6 is 15.9 Å². The molecule has 1 saturated carbocycles. The van der Waals surface area contributed by atoms with Gasteiger partial charge >= 0.3 is 0 Å². The molecule has 0 saturated heterocycles. The van der Waals surface area contributed by atoms with Gasteiger partial charge in [-0.05, 0) is 49.2 Å². The quantitative estimate of drug-likeness (QED) is 0.866. The minimum atomic E-state index is 0.00998. The molecule has 4 nitrogen and oxygen atoms in total. The largest absolute Gasteiger partial charge is 0.468 e. The number of halogens is 1. The molecule has 1 aliphatic rings. The molecular formula is C16H17BrN2O2. The SMILES string of the molecule is O=C(CN(Cc1ccco1)C1CC1)Nc1ccc(Br)cc1. The van der Waals surface area contributed by atoms with Crippen molar-refractivity contribution in [2.24, 2.45) is 0 Å². The van der Waals surface area contributed by atoms with Crippen LogP contribution in [0.2, 0.25) is 0 Å². The van der Waals surface area contributed by atoms with Gasteiger partial charge in [0.05, 0.1) is 19.4 Å². The summed E-state index contributed by atoms with van der Waals surface area (Å²) in [6, 6.07) is 11.9. The Kier molecular flexibility index (Phi) is 4.41. The first-order valence-corrected chi connectivity index (χ1v) is 7.82. The molecule has 0 aliphatic heterocycles. The van der Waals surface area contributed by atoms with E-state index in [0.29, 0.717) is 19.1 Å². The molecule has 110 valence electrons. The fourth-order valence-electron chi connectivity index (χ4n) is 2.27. The molecule has 1 aliphatic carbocycles. The van der Waals surface area contributed by atoms with Gasteiger partial charge in [0.25, 0.3) is 0 Å². The Labute approximate surface area is 132 Å². The predicted octanol–water partition coefficient (Wildman–Crippen LogP) is 3.65. The Morgan fingerprint density at radius 1 is 1.29 bits per heavy atom. The number of furan rings is 1. The lowest BCUT2D eigenvalue weighted by atomic mass is 10.3. The zero-order valence-corrected chi connectivity index (χ0v) is 13.2. The Balaban J connectivity index is 1.57. The Morgan fingerprint density at radius 2 is 2.05 bits per heavy atom. The van der Waals surface area contributed by atoms with Crippen molar-refractivity contribution in [3.8, 4) is 0 Å². The van der Waals surface area contributed by atoms with Gasteiger partial charge in [-0.2, -0.15) is 0 Å². The molecule has 1 fully saturated rings. The zero-order valence-electron chi connectivity index (χ0n) is 11.6. The molecule has 1 N–H and O–H groups in total. The van der Waals surface area contributed by atoms with Crippen LogP contribution in [0.4, 0.5) is 5.69 Å². The maximum Gasteiger partial charge on any atom is 0.238 e. The van der Waals surface area contributed by atoms with E-state index in [1.165, 1.54) is 0 Å². The summed E-state index contributed by atoms with van der Waals surface area (Å²) < 4.78 is 6.37. The second kappa shape index (κ2) is 6.45. The maximum absolute atomic E-state index is 12.2. The van der Waals surface area contributed by atoms with Gasteiger partial charge in [0, 0.05) is 16.2 Å². The average Bonchev–Trinajstić information content (AvgIpc) is 3.19. The molecule has 21 heavy (non-hydrogen) atoms. The monoisotopic (exact) mass is 348 g/mol. The van der Waals surface area contributed by atoms with Crippen molar-refractivity contribution in [3.63, 3.8) is 0 Å². The number of amides is 1. The average molecular weight is 349 g/mol. The van der Waals surface area contributed by atoms with Crippen LogP contribution in [0.5, 0.6) is 0 Å². The Morgan fingerprint density at radius 3 is 2.67 bits per heavy atom. The minimum absolute atomic E-state index is 0.00998. The summed E-state index contributed by atoms with van der Waals surface area (Å²) in [6.45, 7) is 1.08. The van der Waals surface area contributed by atoms with E-state index in [1.807, 2.05) is 36.4 Å². The van der Waals surface area contributed by atoms with Crippen LogP contribution in [0, 0.1) is 0 Å². The lowest BCUT2D eigenvalue weighted by Gasteiger charge is -2.20. The van der Waals surface area contributed by atoms with Crippen molar-refractivity contribution in [2.45, 2.75) is 25.4 Å². The van der Waals surface area contributed by atoms with Gasteiger partial charge in [-0.1, -0.05) is 15.9 Å². The number of anilines is 1. The van der Waals surface area contributed by atoms with Gasteiger partial charge in [0.15, 0.2) is 0 Å². The third kappa shape index (κ3) is 4.19. The van der Waals surface area contributed by atoms with Gasteiger partial charge in [-0.15, -0.1) is 0 Å². The molecule has 1 aromatic carbocycles. The van der Waals surface area contributed by atoms with Crippen LogP contribution in [0.15, 0.2) is 51.6 Å². The third-order valence-electron chi connectivity index (χ3n) is 3.48. The van der Waals surface area contributed by atoms with E-state index in [4.69, 9.17) is 4.42 Å². The molecular weight excluding hydrogens is 332 g/mol. The number of carbonyl (C=O) groups is 1. The number of hydrogen-bond acceptors (Lipinski definition) is 3. The van der Waals surface area contributed by atoms with Gasteiger partial charge in [0.2, 0.25) is 5.91 Å². The second-order valence-corrected chi connectivity index (χ2v) is 6.19. The number of carbonyl (C=O) groups excluding carboxylic acids is 1. The van der Waals surface area contributed by atoms with E-state index >= 15 is 0 Å². The third-order valence-corrected chi connectivity index (χ3v) is 4.01. The molecule has 1 heterocycles. The first kappa shape index (κ1) is 14.4. The van der Waals surface area contributed by atoms with Crippen molar-refractivity contribution in [3.05, 3.63) is 52.9 Å². The Bertz CT molecular complexity index is 591. The van der Waals surface area contributed by atoms with E-state index in [-0.39, 0.29) is 5.91 Å². The highest BCUT2D eigenvalue weighted by Crippen LogP contribution is 2.28. The summed E-state index contributed by atoms with van der Waals surface area (Å²) in [4.78, 5) is 14.3. The van der Waals surface area contributed by atoms with E-state index in [1.54, 1.807) is 6.26 Å². The van der Waals surface area contributed by atoms with E-state index in [9.17, 15) is 4.79 Å². The maximum atomic E-state index is 12.2. The molecule has 0 unspecified atom stereocenters. The summed E-state index contributed by atoms with van der Waals surface area (Å²) in [7, 11) is 0. The fourth-order valence-corrected chi connectivity index (χ4v) is 2.54. The van der Waals surface area contributed by atoms with Crippen molar-refractivity contribution in [1.29, 1.82) is 0 Å². The molecule has 0 radical (unpaired) electrons. The molecule has 5 heteroatoms. The molecule has 0 atom stereocenters. The van der Waals surface area contributed by atoms with E-state index < -0.39 is 0 Å². The topological polar surface area (TPSA) is 45.5 Å². The van der Waals surface area contributed by atoms with Crippen LogP contribution in [0.3, 0.4) is 0 Å². The van der Waals surface area contributed by atoms with Crippen molar-refractivity contribution in [1.82, 2.24) is 4.90 Å². The predicted molar refractivity (Wildman–Crippen MR) is 84.9 cm³/mol. The van der Waals surface area contributed by atoms with Gasteiger partial charge in [0.1, 0.15) is 5.76 Å². The summed E-state index contributed by atoms with van der Waals surface area (Å²) in [6.07, 6.45) is 3.99. The van der Waals surface area contributed by atoms with Crippen LogP contribution in [-0.4, -0.2) is 23.4 Å². The minimum Gasteiger partial charge on any atom is -0.468 e. The van der Waals surface area contributed by atoms with Crippen LogP contribution in [-0.2, 0) is 11.3 Å². The second-order valence-electron chi connectivity index (χ2n) is 5.27. The zero-order chi connectivity index (χ0) is 14.7. The number of nitrogens with one attached hydrogen (secondary N) is 1. The summed E-state index contributed by atoms with van der Waals surface area (Å²) in [5, 5.41) is 2.93. The van der Waals surface area contributed by atoms with E-state index in [2.05, 4.69) is 26.1 Å². The van der Waals surface area contributed by atoms with Crippen molar-refractivity contribution < 1.29 is 9.21 Å². The summed E-state index contributed by atoms with van der Waals surface area (Å²) in [5.41, 5.74) is 0.817.